The Balaban J connectivity index is 1.33. The van der Waals surface area contributed by atoms with Crippen LogP contribution in [0, 0.1) is 17.8 Å². The van der Waals surface area contributed by atoms with Crippen LogP contribution in [0.25, 0.3) is 11.2 Å². The van der Waals surface area contributed by atoms with Gasteiger partial charge < -0.3 is 14.8 Å². The number of anilines is 1. The maximum absolute atomic E-state index is 13.2. The van der Waals surface area contributed by atoms with Crippen LogP contribution in [0.3, 0.4) is 0 Å². The second-order valence-corrected chi connectivity index (χ2v) is 10.0. The van der Waals surface area contributed by atoms with Crippen LogP contribution in [0.15, 0.2) is 6.33 Å². The van der Waals surface area contributed by atoms with E-state index in [0.717, 1.165) is 68.1 Å². The second-order valence-electron chi connectivity index (χ2n) is 10.0. The molecule has 0 aromatic carbocycles. The van der Waals surface area contributed by atoms with Gasteiger partial charge in [-0.25, -0.2) is 15.0 Å². The van der Waals surface area contributed by atoms with Crippen molar-refractivity contribution in [2.45, 2.75) is 84.2 Å². The minimum atomic E-state index is 0.0173. The van der Waals surface area contributed by atoms with E-state index in [-0.39, 0.29) is 11.8 Å². The zero-order chi connectivity index (χ0) is 21.4. The van der Waals surface area contributed by atoms with Gasteiger partial charge in [0, 0.05) is 32.1 Å². The fourth-order valence-electron chi connectivity index (χ4n) is 5.83. The van der Waals surface area contributed by atoms with E-state index < -0.39 is 0 Å². The highest BCUT2D eigenvalue weighted by atomic mass is 16.2. The number of hydrogen-bond donors (Lipinski definition) is 1. The number of hydrogen-bond acceptors (Lipinski definition) is 5. The second kappa shape index (κ2) is 8.75. The number of nitrogens with one attached hydrogen (secondary N) is 1. The van der Waals surface area contributed by atoms with Crippen LogP contribution in [0.1, 0.15) is 71.0 Å². The zero-order valence-corrected chi connectivity index (χ0v) is 19.0. The van der Waals surface area contributed by atoms with Crippen molar-refractivity contribution >= 4 is 22.9 Å². The van der Waals surface area contributed by atoms with Crippen LogP contribution in [-0.2, 0) is 17.8 Å². The van der Waals surface area contributed by atoms with Gasteiger partial charge in [0.2, 0.25) is 5.91 Å². The molecule has 1 saturated heterocycles. The van der Waals surface area contributed by atoms with E-state index in [1.807, 2.05) is 0 Å². The van der Waals surface area contributed by atoms with Crippen molar-refractivity contribution in [3.8, 4) is 0 Å². The summed E-state index contributed by atoms with van der Waals surface area (Å²) in [6, 6.07) is 0.321. The average Bonchev–Trinajstić information content (AvgIpc) is 2.97. The van der Waals surface area contributed by atoms with Gasteiger partial charge in [0.1, 0.15) is 12.2 Å². The smallest absolute Gasteiger partial charge is 0.225 e. The first kappa shape index (κ1) is 20.7. The number of rotatable bonds is 3. The Hall–Kier alpha value is -2.18. The van der Waals surface area contributed by atoms with Crippen molar-refractivity contribution in [1.82, 2.24) is 24.8 Å². The van der Waals surface area contributed by atoms with E-state index in [1.54, 1.807) is 6.33 Å². The SMILES string of the molecule is CC1CCCC(NC(=O)C2CCCN(c3ncnc4c3nc3n4CCCCC3)C2)C1C. The molecule has 4 atom stereocenters. The number of piperidine rings is 1. The highest BCUT2D eigenvalue weighted by molar-refractivity contribution is 5.85. The van der Waals surface area contributed by atoms with Gasteiger partial charge in [0.05, 0.1) is 5.92 Å². The Morgan fingerprint density at radius 1 is 1.03 bits per heavy atom. The molecule has 2 fully saturated rings. The number of imidazole rings is 1. The predicted molar refractivity (Wildman–Crippen MR) is 122 cm³/mol. The molecule has 0 spiro atoms. The lowest BCUT2D eigenvalue weighted by Gasteiger charge is -2.37. The fourth-order valence-corrected chi connectivity index (χ4v) is 5.83. The summed E-state index contributed by atoms with van der Waals surface area (Å²) in [5.41, 5.74) is 1.87. The minimum Gasteiger partial charge on any atom is -0.354 e. The van der Waals surface area contributed by atoms with Crippen LogP contribution in [0.4, 0.5) is 5.82 Å². The van der Waals surface area contributed by atoms with Gasteiger partial charge in [-0.05, 0) is 43.9 Å². The summed E-state index contributed by atoms with van der Waals surface area (Å²) in [4.78, 5) is 29.6. The summed E-state index contributed by atoms with van der Waals surface area (Å²) < 4.78 is 2.29. The molecule has 2 aromatic rings. The Morgan fingerprint density at radius 3 is 2.84 bits per heavy atom. The summed E-state index contributed by atoms with van der Waals surface area (Å²) >= 11 is 0. The van der Waals surface area contributed by atoms with Crippen molar-refractivity contribution in [2.24, 2.45) is 17.8 Å². The molecule has 5 rings (SSSR count). The van der Waals surface area contributed by atoms with Gasteiger partial charge in [-0.15, -0.1) is 0 Å². The normalized spacial score (nSPS) is 29.4. The lowest BCUT2D eigenvalue weighted by Crippen LogP contribution is -2.49. The zero-order valence-electron chi connectivity index (χ0n) is 19.0. The first-order chi connectivity index (χ1) is 15.1. The molecule has 1 amide bonds. The number of aromatic nitrogens is 4. The summed E-state index contributed by atoms with van der Waals surface area (Å²) in [6.45, 7) is 7.25. The van der Waals surface area contributed by atoms with Crippen LogP contribution in [0.2, 0.25) is 0 Å². The molecule has 0 radical (unpaired) electrons. The van der Waals surface area contributed by atoms with E-state index in [2.05, 4.69) is 38.6 Å². The highest BCUT2D eigenvalue weighted by Crippen LogP contribution is 2.32. The first-order valence-electron chi connectivity index (χ1n) is 12.4. The first-order valence-corrected chi connectivity index (χ1v) is 12.4. The van der Waals surface area contributed by atoms with E-state index in [9.17, 15) is 4.79 Å². The minimum absolute atomic E-state index is 0.0173. The molecule has 1 aliphatic carbocycles. The number of nitrogens with zero attached hydrogens (tertiary/aromatic N) is 5. The quantitative estimate of drug-likeness (QED) is 0.813. The lowest BCUT2D eigenvalue weighted by molar-refractivity contribution is -0.126. The van der Waals surface area contributed by atoms with Crippen LogP contribution in [-0.4, -0.2) is 44.6 Å². The molecule has 2 aliphatic heterocycles. The molecule has 4 unspecified atom stereocenters. The van der Waals surface area contributed by atoms with E-state index >= 15 is 0 Å². The van der Waals surface area contributed by atoms with Gasteiger partial charge in [-0.1, -0.05) is 33.1 Å². The standard InChI is InChI=1S/C24H36N6O/c1-16-8-6-10-19(17(16)2)27-24(31)18-9-7-12-29(14-18)22-21-23(26-15-25-22)30-13-5-3-4-11-20(30)28-21/h15-19H,3-14H2,1-2H3,(H,27,31). The largest absolute Gasteiger partial charge is 0.354 e. The summed E-state index contributed by atoms with van der Waals surface area (Å²) in [6.07, 6.45) is 11.9. The van der Waals surface area contributed by atoms with E-state index in [4.69, 9.17) is 4.98 Å². The predicted octanol–water partition coefficient (Wildman–Crippen LogP) is 3.71. The third-order valence-corrected chi connectivity index (χ3v) is 8.00. The fraction of sp³-hybridized carbons (Fsp3) is 0.750. The molecule has 1 N–H and O–H groups in total. The monoisotopic (exact) mass is 424 g/mol. The number of carbonyl (C=O) groups is 1. The highest BCUT2D eigenvalue weighted by Gasteiger charge is 2.33. The van der Waals surface area contributed by atoms with E-state index in [1.165, 1.54) is 32.1 Å². The Labute approximate surface area is 185 Å². The van der Waals surface area contributed by atoms with Crippen LogP contribution < -0.4 is 10.2 Å². The van der Waals surface area contributed by atoms with Gasteiger partial charge in [0.15, 0.2) is 17.0 Å². The maximum atomic E-state index is 13.2. The van der Waals surface area contributed by atoms with Gasteiger partial charge in [-0.2, -0.15) is 0 Å². The van der Waals surface area contributed by atoms with Crippen molar-refractivity contribution in [3.05, 3.63) is 12.2 Å². The molecule has 168 valence electrons. The average molecular weight is 425 g/mol. The van der Waals surface area contributed by atoms with Crippen LogP contribution >= 0.6 is 0 Å². The van der Waals surface area contributed by atoms with E-state index in [0.29, 0.717) is 17.9 Å². The summed E-state index contributed by atoms with van der Waals surface area (Å²) in [5, 5.41) is 3.41. The Morgan fingerprint density at radius 2 is 1.94 bits per heavy atom. The summed E-state index contributed by atoms with van der Waals surface area (Å²) in [5.74, 6) is 3.53. The molecule has 0 bridgehead atoms. The topological polar surface area (TPSA) is 75.9 Å². The third-order valence-electron chi connectivity index (χ3n) is 8.00. The molecule has 7 nitrogen and oxygen atoms in total. The number of amides is 1. The number of aryl methyl sites for hydroxylation is 2. The molecule has 2 aromatic heterocycles. The molecule has 4 heterocycles. The van der Waals surface area contributed by atoms with Crippen molar-refractivity contribution in [1.29, 1.82) is 0 Å². The lowest BCUT2D eigenvalue weighted by atomic mass is 9.78. The van der Waals surface area contributed by atoms with Crippen molar-refractivity contribution in [3.63, 3.8) is 0 Å². The molecule has 31 heavy (non-hydrogen) atoms. The number of fused-ring (bicyclic) bond motifs is 3. The molecule has 1 saturated carbocycles. The third kappa shape index (κ3) is 4.03. The van der Waals surface area contributed by atoms with Crippen LogP contribution in [0.5, 0.6) is 0 Å². The Kier molecular flexibility index (Phi) is 5.85. The van der Waals surface area contributed by atoms with Gasteiger partial charge >= 0.3 is 0 Å². The number of carbonyl (C=O) groups excluding carboxylic acids is 1. The maximum Gasteiger partial charge on any atom is 0.225 e. The molecule has 7 heteroatoms. The Bertz CT molecular complexity index is 940. The van der Waals surface area contributed by atoms with Crippen molar-refractivity contribution in [2.75, 3.05) is 18.0 Å². The van der Waals surface area contributed by atoms with Gasteiger partial charge in [0.25, 0.3) is 0 Å². The molecule has 3 aliphatic rings. The molecular formula is C24H36N6O. The van der Waals surface area contributed by atoms with Gasteiger partial charge in [-0.3, -0.25) is 4.79 Å². The summed E-state index contributed by atoms with van der Waals surface area (Å²) in [7, 11) is 0. The molecular weight excluding hydrogens is 388 g/mol. The van der Waals surface area contributed by atoms with Crippen molar-refractivity contribution < 1.29 is 4.79 Å².